The molecule has 2 atom stereocenters. The van der Waals surface area contributed by atoms with Gasteiger partial charge in [-0.15, -0.1) is 0 Å². The van der Waals surface area contributed by atoms with Crippen LogP contribution in [0.3, 0.4) is 0 Å². The molecule has 2 heterocycles. The van der Waals surface area contributed by atoms with E-state index in [0.717, 1.165) is 34.9 Å². The average molecular weight is 320 g/mol. The zero-order chi connectivity index (χ0) is 13.4. The van der Waals surface area contributed by atoms with Gasteiger partial charge in [0.25, 0.3) is 0 Å². The molecule has 1 aliphatic heterocycles. The molecule has 1 fully saturated rings. The van der Waals surface area contributed by atoms with Crippen LogP contribution in [0.25, 0.3) is 10.9 Å². The van der Waals surface area contributed by atoms with Gasteiger partial charge in [0.2, 0.25) is 0 Å². The molecular weight excluding hydrogens is 302 g/mol. The maximum absolute atomic E-state index is 6.32. The summed E-state index contributed by atoms with van der Waals surface area (Å²) in [7, 11) is 0. The summed E-state index contributed by atoms with van der Waals surface area (Å²) in [6.45, 7) is 4.30. The summed E-state index contributed by atoms with van der Waals surface area (Å²) in [5, 5.41) is 1.16. The second kappa shape index (κ2) is 5.19. The normalized spacial score (nSPS) is 24.2. The van der Waals surface area contributed by atoms with Crippen molar-refractivity contribution in [2.24, 2.45) is 5.73 Å². The van der Waals surface area contributed by atoms with Crippen LogP contribution in [0, 0.1) is 0 Å². The lowest BCUT2D eigenvalue weighted by molar-refractivity contribution is 0.262. The van der Waals surface area contributed by atoms with Gasteiger partial charge in [0.05, 0.1) is 11.6 Å². The highest BCUT2D eigenvalue weighted by atomic mass is 79.9. The molecule has 1 saturated heterocycles. The summed E-state index contributed by atoms with van der Waals surface area (Å²) in [5.74, 6) is 0. The van der Waals surface area contributed by atoms with Crippen LogP contribution < -0.4 is 5.73 Å². The fraction of sp³-hybridized carbons (Fsp3) is 0.400. The summed E-state index contributed by atoms with van der Waals surface area (Å²) in [4.78, 5) is 7.02. The van der Waals surface area contributed by atoms with Crippen LogP contribution in [0.2, 0.25) is 0 Å². The van der Waals surface area contributed by atoms with E-state index in [0.29, 0.717) is 0 Å². The third-order valence-electron chi connectivity index (χ3n) is 4.02. The largest absolute Gasteiger partial charge is 0.326 e. The molecule has 0 spiro atoms. The van der Waals surface area contributed by atoms with E-state index in [1.54, 1.807) is 0 Å². The van der Waals surface area contributed by atoms with Gasteiger partial charge in [0, 0.05) is 28.6 Å². The summed E-state index contributed by atoms with van der Waals surface area (Å²) in [6.07, 6.45) is 2.91. The highest BCUT2D eigenvalue weighted by Gasteiger charge is 2.33. The second-order valence-electron chi connectivity index (χ2n) is 5.06. The first-order valence-electron chi connectivity index (χ1n) is 6.75. The predicted molar refractivity (Wildman–Crippen MR) is 82.0 cm³/mol. The van der Waals surface area contributed by atoms with E-state index in [9.17, 15) is 0 Å². The van der Waals surface area contributed by atoms with Crippen molar-refractivity contribution >= 4 is 26.8 Å². The Bertz CT molecular complexity index is 599. The molecule has 2 unspecified atom stereocenters. The Labute approximate surface area is 121 Å². The van der Waals surface area contributed by atoms with Gasteiger partial charge >= 0.3 is 0 Å². The van der Waals surface area contributed by atoms with E-state index >= 15 is 0 Å². The van der Waals surface area contributed by atoms with Crippen LogP contribution in [0.15, 0.2) is 34.9 Å². The lowest BCUT2D eigenvalue weighted by Gasteiger charge is -2.26. The average Bonchev–Trinajstić information content (AvgIpc) is 2.81. The molecule has 2 N–H and O–H groups in total. The monoisotopic (exact) mass is 319 g/mol. The van der Waals surface area contributed by atoms with Gasteiger partial charge in [-0.1, -0.05) is 35.0 Å². The first kappa shape index (κ1) is 13.0. The molecule has 19 heavy (non-hydrogen) atoms. The van der Waals surface area contributed by atoms with Crippen molar-refractivity contribution in [3.8, 4) is 0 Å². The third-order valence-corrected chi connectivity index (χ3v) is 4.71. The zero-order valence-corrected chi connectivity index (χ0v) is 12.6. The number of rotatable bonds is 2. The number of nitrogens with zero attached hydrogens (tertiary/aromatic N) is 2. The fourth-order valence-corrected chi connectivity index (χ4v) is 3.52. The van der Waals surface area contributed by atoms with Crippen molar-refractivity contribution in [2.75, 3.05) is 13.1 Å². The summed E-state index contributed by atoms with van der Waals surface area (Å²) < 4.78 is 1.09. The van der Waals surface area contributed by atoms with Gasteiger partial charge in [-0.2, -0.15) is 0 Å². The van der Waals surface area contributed by atoms with Crippen molar-refractivity contribution in [1.29, 1.82) is 0 Å². The predicted octanol–water partition coefficient (Wildman–Crippen LogP) is 3.09. The van der Waals surface area contributed by atoms with Crippen molar-refractivity contribution in [2.45, 2.75) is 25.4 Å². The van der Waals surface area contributed by atoms with Crippen molar-refractivity contribution in [3.05, 3.63) is 40.5 Å². The Morgan fingerprint density at radius 3 is 3.05 bits per heavy atom. The van der Waals surface area contributed by atoms with Crippen LogP contribution >= 0.6 is 15.9 Å². The number of pyridine rings is 1. The first-order valence-corrected chi connectivity index (χ1v) is 7.54. The van der Waals surface area contributed by atoms with Crippen molar-refractivity contribution in [3.63, 3.8) is 0 Å². The molecule has 3 nitrogen and oxygen atoms in total. The Balaban J connectivity index is 2.17. The Hall–Kier alpha value is -0.970. The first-order chi connectivity index (χ1) is 9.22. The number of hydrogen-bond donors (Lipinski definition) is 1. The third kappa shape index (κ3) is 2.18. The van der Waals surface area contributed by atoms with Crippen LogP contribution in [0.1, 0.15) is 24.9 Å². The summed E-state index contributed by atoms with van der Waals surface area (Å²) in [5.41, 5.74) is 8.65. The molecule has 100 valence electrons. The highest BCUT2D eigenvalue weighted by molar-refractivity contribution is 9.10. The number of nitrogens with two attached hydrogens (primary N) is 1. The summed E-state index contributed by atoms with van der Waals surface area (Å²) in [6, 6.07) is 8.84. The molecule has 1 aromatic carbocycles. The van der Waals surface area contributed by atoms with Crippen LogP contribution in [0.4, 0.5) is 0 Å². The quantitative estimate of drug-likeness (QED) is 0.924. The lowest BCUT2D eigenvalue weighted by Crippen LogP contribution is -2.32. The number of fused-ring (bicyclic) bond motifs is 1. The minimum atomic E-state index is 0.200. The van der Waals surface area contributed by atoms with Crippen molar-refractivity contribution < 1.29 is 0 Å². The van der Waals surface area contributed by atoms with Gasteiger partial charge < -0.3 is 5.73 Å². The molecule has 3 rings (SSSR count). The molecule has 0 bridgehead atoms. The number of likely N-dealkylation sites (N-methyl/N-ethyl adjacent to an activating group) is 1. The molecule has 0 radical (unpaired) electrons. The molecule has 4 heteroatoms. The highest BCUT2D eigenvalue weighted by Crippen LogP contribution is 2.36. The van der Waals surface area contributed by atoms with E-state index < -0.39 is 0 Å². The van der Waals surface area contributed by atoms with E-state index in [1.807, 2.05) is 12.3 Å². The van der Waals surface area contributed by atoms with Gasteiger partial charge in [-0.05, 0) is 30.7 Å². The van der Waals surface area contributed by atoms with Crippen LogP contribution in [-0.2, 0) is 0 Å². The molecule has 0 amide bonds. The number of hydrogen-bond acceptors (Lipinski definition) is 3. The minimum absolute atomic E-state index is 0.200. The van der Waals surface area contributed by atoms with Crippen molar-refractivity contribution in [1.82, 2.24) is 9.88 Å². The Morgan fingerprint density at radius 2 is 2.26 bits per heavy atom. The lowest BCUT2D eigenvalue weighted by atomic mass is 9.98. The zero-order valence-electron chi connectivity index (χ0n) is 11.0. The Morgan fingerprint density at radius 1 is 1.42 bits per heavy atom. The number of benzene rings is 1. The molecular formula is C15H18BrN3. The van der Waals surface area contributed by atoms with Gasteiger partial charge in [0.15, 0.2) is 0 Å². The molecule has 2 aromatic rings. The maximum atomic E-state index is 6.32. The van der Waals surface area contributed by atoms with Crippen LogP contribution in [0.5, 0.6) is 0 Å². The fourth-order valence-electron chi connectivity index (χ4n) is 3.06. The second-order valence-corrected chi connectivity index (χ2v) is 5.92. The van der Waals surface area contributed by atoms with Crippen LogP contribution in [-0.4, -0.2) is 29.0 Å². The SMILES string of the molecule is CCN1CCC(N)C1c1ccc(Br)c2cccnc12. The molecule has 0 saturated carbocycles. The van der Waals surface area contributed by atoms with Gasteiger partial charge in [0.1, 0.15) is 0 Å². The molecule has 0 aliphatic carbocycles. The summed E-state index contributed by atoms with van der Waals surface area (Å²) >= 11 is 3.60. The number of likely N-dealkylation sites (tertiary alicyclic amines) is 1. The number of aromatic nitrogens is 1. The smallest absolute Gasteiger partial charge is 0.0761 e. The van der Waals surface area contributed by atoms with E-state index in [2.05, 4.69) is 50.9 Å². The topological polar surface area (TPSA) is 42.1 Å². The molecule has 1 aliphatic rings. The minimum Gasteiger partial charge on any atom is -0.326 e. The van der Waals surface area contributed by atoms with E-state index in [-0.39, 0.29) is 12.1 Å². The van der Waals surface area contributed by atoms with E-state index in [4.69, 9.17) is 5.73 Å². The van der Waals surface area contributed by atoms with Gasteiger partial charge in [-0.3, -0.25) is 9.88 Å². The number of halogens is 1. The van der Waals surface area contributed by atoms with E-state index in [1.165, 1.54) is 5.56 Å². The Kier molecular flexibility index (Phi) is 3.56. The molecule has 1 aromatic heterocycles. The van der Waals surface area contributed by atoms with Gasteiger partial charge in [-0.25, -0.2) is 0 Å². The standard InChI is InChI=1S/C15H18BrN3/c1-2-19-9-7-13(17)15(19)11-5-6-12(16)10-4-3-8-18-14(10)11/h3-6,8,13,15H,2,7,9,17H2,1H3. The maximum Gasteiger partial charge on any atom is 0.0761 e.